The Morgan fingerprint density at radius 2 is 1.92 bits per heavy atom. The van der Waals surface area contributed by atoms with E-state index in [1.807, 2.05) is 77.4 Å². The second-order valence-corrected chi connectivity index (χ2v) is 8.57. The maximum atomic E-state index is 12.5. The summed E-state index contributed by atoms with van der Waals surface area (Å²) >= 11 is 1.42. The van der Waals surface area contributed by atoms with Crippen molar-refractivity contribution in [1.82, 2.24) is 30.0 Å². The first-order chi connectivity index (χ1) is 17.7. The number of carbonyl (C=O) groups is 1. The fraction of sp³-hybridized carbons (Fsp3) is 0.115. The number of thioether (sulfide) groups is 1. The number of nitrogens with one attached hydrogen (secondary N) is 1. The molecule has 36 heavy (non-hydrogen) atoms. The van der Waals surface area contributed by atoms with Crippen LogP contribution in [-0.2, 0) is 12.3 Å². The minimum Gasteiger partial charge on any atom is -0.497 e. The smallest absolute Gasteiger partial charge is 0.273 e. The van der Waals surface area contributed by atoms with E-state index in [0.717, 1.165) is 22.7 Å². The molecule has 9 nitrogen and oxygen atoms in total. The van der Waals surface area contributed by atoms with Crippen LogP contribution in [0.5, 0.6) is 5.75 Å². The van der Waals surface area contributed by atoms with E-state index >= 15 is 0 Å². The van der Waals surface area contributed by atoms with E-state index < -0.39 is 0 Å². The van der Waals surface area contributed by atoms with Gasteiger partial charge < -0.3 is 14.5 Å². The molecule has 3 heterocycles. The zero-order valence-electron chi connectivity index (χ0n) is 19.4. The van der Waals surface area contributed by atoms with E-state index in [2.05, 4.69) is 25.5 Å². The first-order valence-corrected chi connectivity index (χ1v) is 12.1. The third-order valence-electron chi connectivity index (χ3n) is 5.24. The first-order valence-electron chi connectivity index (χ1n) is 11.1. The van der Waals surface area contributed by atoms with Gasteiger partial charge in [-0.1, -0.05) is 48.2 Å². The van der Waals surface area contributed by atoms with Gasteiger partial charge >= 0.3 is 0 Å². The largest absolute Gasteiger partial charge is 0.497 e. The monoisotopic (exact) mass is 498 g/mol. The molecule has 0 aliphatic rings. The molecule has 5 rings (SSSR count). The van der Waals surface area contributed by atoms with Gasteiger partial charge in [-0.2, -0.15) is 0 Å². The second-order valence-electron chi connectivity index (χ2n) is 7.63. The van der Waals surface area contributed by atoms with Gasteiger partial charge in [0.15, 0.2) is 16.7 Å². The maximum Gasteiger partial charge on any atom is 0.273 e. The standard InChI is InChI=1S/C26H22N6O3S/c1-34-21-12-7-8-18(14-21)24-30-31-26(32(24)20-10-3-2-4-11-20)36-17-23-29-22(16-35-23)25(33)28-15-19-9-5-6-13-27-19/h2-14,16H,15,17H2,1H3,(H,28,33). The Morgan fingerprint density at radius 1 is 1.06 bits per heavy atom. The lowest BCUT2D eigenvalue weighted by molar-refractivity contribution is 0.0945. The van der Waals surface area contributed by atoms with Gasteiger partial charge in [0.2, 0.25) is 5.89 Å². The first kappa shape index (κ1) is 23.3. The number of hydrogen-bond acceptors (Lipinski definition) is 8. The molecule has 180 valence electrons. The Hall–Kier alpha value is -4.44. The van der Waals surface area contributed by atoms with Gasteiger partial charge in [-0.3, -0.25) is 14.3 Å². The highest BCUT2D eigenvalue weighted by atomic mass is 32.2. The molecule has 5 aromatic rings. The number of hydrogen-bond donors (Lipinski definition) is 1. The van der Waals surface area contributed by atoms with Gasteiger partial charge in [-0.15, -0.1) is 10.2 Å². The number of aromatic nitrogens is 5. The van der Waals surface area contributed by atoms with Crippen molar-refractivity contribution in [2.75, 3.05) is 7.11 Å². The summed E-state index contributed by atoms with van der Waals surface area (Å²) < 4.78 is 12.9. The van der Waals surface area contributed by atoms with Gasteiger partial charge in [0.1, 0.15) is 12.0 Å². The van der Waals surface area contributed by atoms with Gasteiger partial charge in [-0.05, 0) is 36.4 Å². The molecule has 0 aliphatic heterocycles. The lowest BCUT2D eigenvalue weighted by atomic mass is 10.2. The molecule has 0 spiro atoms. The van der Waals surface area contributed by atoms with Crippen molar-refractivity contribution in [1.29, 1.82) is 0 Å². The molecule has 0 atom stereocenters. The summed E-state index contributed by atoms with van der Waals surface area (Å²) in [5, 5.41) is 12.3. The van der Waals surface area contributed by atoms with Crippen LogP contribution in [0.2, 0.25) is 0 Å². The molecule has 1 amide bonds. The van der Waals surface area contributed by atoms with Crippen molar-refractivity contribution < 1.29 is 13.9 Å². The predicted octanol–water partition coefficient (Wildman–Crippen LogP) is 4.55. The number of oxazole rings is 1. The maximum absolute atomic E-state index is 12.5. The van der Waals surface area contributed by atoms with Gasteiger partial charge in [0, 0.05) is 17.4 Å². The molecule has 0 saturated carbocycles. The lowest BCUT2D eigenvalue weighted by Crippen LogP contribution is -2.23. The predicted molar refractivity (Wildman–Crippen MR) is 135 cm³/mol. The quantitative estimate of drug-likeness (QED) is 0.295. The Bertz CT molecular complexity index is 1450. The van der Waals surface area contributed by atoms with Crippen LogP contribution in [0.4, 0.5) is 0 Å². The fourth-order valence-corrected chi connectivity index (χ4v) is 4.30. The van der Waals surface area contributed by atoms with Crippen LogP contribution in [-0.4, -0.2) is 37.7 Å². The van der Waals surface area contributed by atoms with Gasteiger partial charge in [-0.25, -0.2) is 4.98 Å². The third-order valence-corrected chi connectivity index (χ3v) is 6.15. The van der Waals surface area contributed by atoms with Crippen LogP contribution < -0.4 is 10.1 Å². The van der Waals surface area contributed by atoms with Crippen molar-refractivity contribution in [2.45, 2.75) is 17.5 Å². The number of para-hydroxylation sites is 1. The van der Waals surface area contributed by atoms with Crippen molar-refractivity contribution in [3.05, 3.63) is 103 Å². The van der Waals surface area contributed by atoms with Crippen molar-refractivity contribution in [3.63, 3.8) is 0 Å². The van der Waals surface area contributed by atoms with Gasteiger partial charge in [0.25, 0.3) is 5.91 Å². The summed E-state index contributed by atoms with van der Waals surface area (Å²) in [5.74, 6) is 1.88. The number of pyridine rings is 1. The van der Waals surface area contributed by atoms with E-state index in [0.29, 0.717) is 29.2 Å². The Balaban J connectivity index is 1.33. The highest BCUT2D eigenvalue weighted by Crippen LogP contribution is 2.31. The van der Waals surface area contributed by atoms with Crippen LogP contribution in [0, 0.1) is 0 Å². The summed E-state index contributed by atoms with van der Waals surface area (Å²) in [6.07, 6.45) is 3.04. The zero-order valence-corrected chi connectivity index (χ0v) is 20.2. The van der Waals surface area contributed by atoms with Crippen molar-refractivity contribution in [3.8, 4) is 22.8 Å². The van der Waals surface area contributed by atoms with Crippen molar-refractivity contribution in [2.24, 2.45) is 0 Å². The molecule has 0 unspecified atom stereocenters. The molecule has 0 fully saturated rings. The molecule has 10 heteroatoms. The molecular formula is C26H22N6O3S. The van der Waals surface area contributed by atoms with E-state index in [-0.39, 0.29) is 11.6 Å². The summed E-state index contributed by atoms with van der Waals surface area (Å²) in [5.41, 5.74) is 2.77. The van der Waals surface area contributed by atoms with E-state index in [4.69, 9.17) is 9.15 Å². The summed E-state index contributed by atoms with van der Waals surface area (Å²) in [6.45, 7) is 0.309. The van der Waals surface area contributed by atoms with Crippen LogP contribution in [0.1, 0.15) is 22.1 Å². The SMILES string of the molecule is COc1cccc(-c2nnc(SCc3nc(C(=O)NCc4ccccn4)co3)n2-c2ccccc2)c1. The van der Waals surface area contributed by atoms with Gasteiger partial charge in [0.05, 0.1) is 25.1 Å². The highest BCUT2D eigenvalue weighted by Gasteiger charge is 2.18. The fourth-order valence-electron chi connectivity index (χ4n) is 3.49. The molecule has 2 aromatic carbocycles. The number of carbonyl (C=O) groups excluding carboxylic acids is 1. The molecular weight excluding hydrogens is 476 g/mol. The lowest BCUT2D eigenvalue weighted by Gasteiger charge is -2.10. The number of ether oxygens (including phenoxy) is 1. The van der Waals surface area contributed by atoms with Crippen LogP contribution in [0.25, 0.3) is 17.1 Å². The number of nitrogens with zero attached hydrogens (tertiary/aromatic N) is 5. The zero-order chi connectivity index (χ0) is 24.7. The minimum absolute atomic E-state index is 0.211. The van der Waals surface area contributed by atoms with E-state index in [1.165, 1.54) is 18.0 Å². The summed E-state index contributed by atoms with van der Waals surface area (Å²) in [7, 11) is 1.63. The molecule has 3 aromatic heterocycles. The summed E-state index contributed by atoms with van der Waals surface area (Å²) in [6, 6.07) is 23.1. The van der Waals surface area contributed by atoms with E-state index in [9.17, 15) is 4.79 Å². The van der Waals surface area contributed by atoms with Crippen LogP contribution in [0.3, 0.4) is 0 Å². The number of amides is 1. The van der Waals surface area contributed by atoms with Crippen LogP contribution >= 0.6 is 11.8 Å². The highest BCUT2D eigenvalue weighted by molar-refractivity contribution is 7.98. The molecule has 1 N–H and O–H groups in total. The number of benzene rings is 2. The van der Waals surface area contributed by atoms with Crippen molar-refractivity contribution >= 4 is 17.7 Å². The normalized spacial score (nSPS) is 10.8. The second kappa shape index (κ2) is 10.9. The number of rotatable bonds is 9. The Labute approximate surface area is 211 Å². The van der Waals surface area contributed by atoms with E-state index in [1.54, 1.807) is 13.3 Å². The molecule has 0 saturated heterocycles. The number of methoxy groups -OCH3 is 1. The summed E-state index contributed by atoms with van der Waals surface area (Å²) in [4.78, 5) is 21.0. The topological polar surface area (TPSA) is 108 Å². The minimum atomic E-state index is -0.326. The Morgan fingerprint density at radius 3 is 2.72 bits per heavy atom. The molecule has 0 radical (unpaired) electrons. The molecule has 0 aliphatic carbocycles. The average molecular weight is 499 g/mol. The Kier molecular flexibility index (Phi) is 7.04. The molecule has 0 bridgehead atoms. The van der Waals surface area contributed by atoms with Crippen LogP contribution in [0.15, 0.2) is 94.8 Å². The average Bonchev–Trinajstić information content (AvgIpc) is 3.59. The third kappa shape index (κ3) is 5.28.